The van der Waals surface area contributed by atoms with E-state index in [0.717, 1.165) is 0 Å². The second-order valence-corrected chi connectivity index (χ2v) is 3.92. The normalized spacial score (nSPS) is 19.8. The molecule has 98 valence electrons. The molecule has 0 spiro atoms. The van der Waals surface area contributed by atoms with E-state index in [2.05, 4.69) is 0 Å². The van der Waals surface area contributed by atoms with Gasteiger partial charge in [-0.15, -0.1) is 0 Å². The molecule has 2 heterocycles. The summed E-state index contributed by atoms with van der Waals surface area (Å²) in [6, 6.07) is 3.16. The Morgan fingerprint density at radius 1 is 1.50 bits per heavy atom. The summed E-state index contributed by atoms with van der Waals surface area (Å²) in [5.41, 5.74) is 5.39. The number of amides is 1. The Kier molecular flexibility index (Phi) is 3.63. The lowest BCUT2D eigenvalue weighted by Crippen LogP contribution is -2.48. The molecule has 7 nitrogen and oxygen atoms in total. The van der Waals surface area contributed by atoms with Crippen molar-refractivity contribution in [2.75, 3.05) is 19.7 Å². The van der Waals surface area contributed by atoms with E-state index in [9.17, 15) is 9.59 Å². The molecule has 2 rings (SSSR count). The molecule has 1 unspecified atom stereocenters. The summed E-state index contributed by atoms with van der Waals surface area (Å²) < 4.78 is 10.3. The lowest BCUT2D eigenvalue weighted by molar-refractivity contribution is -0.154. The third kappa shape index (κ3) is 2.52. The van der Waals surface area contributed by atoms with E-state index in [4.69, 9.17) is 20.0 Å². The van der Waals surface area contributed by atoms with E-state index in [1.165, 1.54) is 11.0 Å². The number of nitrogens with zero attached hydrogens (tertiary/aromatic N) is 1. The zero-order valence-corrected chi connectivity index (χ0v) is 9.67. The molecule has 1 aromatic heterocycles. The molecule has 1 aromatic rings. The van der Waals surface area contributed by atoms with Crippen molar-refractivity contribution in [2.45, 2.75) is 12.6 Å². The summed E-state index contributed by atoms with van der Waals surface area (Å²) in [6.07, 6.45) is -0.980. The molecule has 3 N–H and O–H groups in total. The highest BCUT2D eigenvalue weighted by molar-refractivity contribution is 5.92. The van der Waals surface area contributed by atoms with E-state index >= 15 is 0 Å². The number of carboxylic acid groups (broad SMARTS) is 1. The number of morpholine rings is 1. The maximum Gasteiger partial charge on any atom is 0.334 e. The van der Waals surface area contributed by atoms with E-state index in [0.29, 0.717) is 12.3 Å². The van der Waals surface area contributed by atoms with Crippen LogP contribution in [-0.2, 0) is 16.1 Å². The first kappa shape index (κ1) is 12.6. The van der Waals surface area contributed by atoms with Crippen LogP contribution in [0.3, 0.4) is 0 Å². The molecule has 1 aliphatic rings. The third-order valence-corrected chi connectivity index (χ3v) is 2.70. The summed E-state index contributed by atoms with van der Waals surface area (Å²) in [5.74, 6) is -0.735. The average Bonchev–Trinajstić information content (AvgIpc) is 2.86. The van der Waals surface area contributed by atoms with Crippen molar-refractivity contribution in [1.29, 1.82) is 0 Å². The van der Waals surface area contributed by atoms with Crippen molar-refractivity contribution >= 4 is 11.9 Å². The Labute approximate surface area is 103 Å². The quantitative estimate of drug-likeness (QED) is 0.764. The van der Waals surface area contributed by atoms with Crippen molar-refractivity contribution in [3.63, 3.8) is 0 Å². The number of ether oxygens (including phenoxy) is 1. The Balaban J connectivity index is 2.06. The number of rotatable bonds is 3. The molecule has 0 bridgehead atoms. The molecule has 1 saturated heterocycles. The van der Waals surface area contributed by atoms with E-state index in [-0.39, 0.29) is 31.4 Å². The van der Waals surface area contributed by atoms with Gasteiger partial charge in [-0.1, -0.05) is 0 Å². The molecule has 1 aliphatic heterocycles. The average molecular weight is 254 g/mol. The molecule has 1 amide bonds. The van der Waals surface area contributed by atoms with Crippen LogP contribution in [0.4, 0.5) is 0 Å². The van der Waals surface area contributed by atoms with Crippen LogP contribution in [-0.4, -0.2) is 47.7 Å². The highest BCUT2D eigenvalue weighted by atomic mass is 16.5. The van der Waals surface area contributed by atoms with E-state index < -0.39 is 12.1 Å². The number of carbonyl (C=O) groups excluding carboxylic acids is 1. The number of hydrogen-bond donors (Lipinski definition) is 2. The monoisotopic (exact) mass is 254 g/mol. The standard InChI is InChI=1S/C11H14N2O5/c12-5-7-1-2-8(18-7)10(14)13-3-4-17-9(6-13)11(15)16/h1-2,9H,3-6,12H2,(H,15,16). The molecule has 0 radical (unpaired) electrons. The fraction of sp³-hybridized carbons (Fsp3) is 0.455. The highest BCUT2D eigenvalue weighted by Crippen LogP contribution is 2.13. The first-order valence-electron chi connectivity index (χ1n) is 5.54. The van der Waals surface area contributed by atoms with Crippen LogP contribution in [0, 0.1) is 0 Å². The summed E-state index contributed by atoms with van der Waals surface area (Å²) in [6.45, 7) is 0.787. The molecule has 1 fully saturated rings. The number of aliphatic carboxylic acids is 1. The molecule has 18 heavy (non-hydrogen) atoms. The van der Waals surface area contributed by atoms with Crippen molar-refractivity contribution in [3.05, 3.63) is 23.7 Å². The Bertz CT molecular complexity index is 456. The van der Waals surface area contributed by atoms with Crippen molar-refractivity contribution in [2.24, 2.45) is 5.73 Å². The van der Waals surface area contributed by atoms with Crippen LogP contribution in [0.25, 0.3) is 0 Å². The van der Waals surface area contributed by atoms with Crippen molar-refractivity contribution < 1.29 is 23.8 Å². The maximum atomic E-state index is 12.0. The second kappa shape index (κ2) is 5.19. The van der Waals surface area contributed by atoms with Gasteiger partial charge < -0.3 is 24.9 Å². The molecular weight excluding hydrogens is 240 g/mol. The van der Waals surface area contributed by atoms with Crippen LogP contribution < -0.4 is 5.73 Å². The SMILES string of the molecule is NCc1ccc(C(=O)N2CCOC(C(=O)O)C2)o1. The summed E-state index contributed by atoms with van der Waals surface area (Å²) >= 11 is 0. The predicted octanol–water partition coefficient (Wildman–Crippen LogP) is -0.336. The summed E-state index contributed by atoms with van der Waals surface area (Å²) in [4.78, 5) is 24.3. The Hall–Kier alpha value is -1.86. The number of nitrogens with two attached hydrogens (primary N) is 1. The zero-order valence-electron chi connectivity index (χ0n) is 9.67. The fourth-order valence-corrected chi connectivity index (χ4v) is 1.74. The van der Waals surface area contributed by atoms with Crippen LogP contribution in [0.2, 0.25) is 0 Å². The van der Waals surface area contributed by atoms with Crippen LogP contribution in [0.15, 0.2) is 16.5 Å². The van der Waals surface area contributed by atoms with E-state index in [1.54, 1.807) is 6.07 Å². The first-order chi connectivity index (χ1) is 8.61. The molecule has 1 atom stereocenters. The van der Waals surface area contributed by atoms with Crippen molar-refractivity contribution in [3.8, 4) is 0 Å². The molecule has 0 aliphatic carbocycles. The number of carboxylic acids is 1. The molecule has 0 saturated carbocycles. The summed E-state index contributed by atoms with van der Waals surface area (Å²) in [5, 5.41) is 8.85. The van der Waals surface area contributed by atoms with Gasteiger partial charge in [0.2, 0.25) is 0 Å². The van der Waals surface area contributed by atoms with Gasteiger partial charge in [-0.05, 0) is 12.1 Å². The first-order valence-corrected chi connectivity index (χ1v) is 5.54. The van der Waals surface area contributed by atoms with Gasteiger partial charge >= 0.3 is 5.97 Å². The van der Waals surface area contributed by atoms with E-state index in [1.807, 2.05) is 0 Å². The van der Waals surface area contributed by atoms with Gasteiger partial charge in [0, 0.05) is 6.54 Å². The van der Waals surface area contributed by atoms with Gasteiger partial charge in [0.1, 0.15) is 5.76 Å². The minimum atomic E-state index is -1.07. The lowest BCUT2D eigenvalue weighted by Gasteiger charge is -2.30. The molecular formula is C11H14N2O5. The number of furan rings is 1. The minimum Gasteiger partial charge on any atom is -0.479 e. The Morgan fingerprint density at radius 2 is 2.28 bits per heavy atom. The smallest absolute Gasteiger partial charge is 0.334 e. The minimum absolute atomic E-state index is 0.0207. The fourth-order valence-electron chi connectivity index (χ4n) is 1.74. The van der Waals surface area contributed by atoms with Gasteiger partial charge in [0.05, 0.1) is 19.7 Å². The van der Waals surface area contributed by atoms with Gasteiger partial charge in [0.15, 0.2) is 11.9 Å². The highest BCUT2D eigenvalue weighted by Gasteiger charge is 2.30. The number of carbonyl (C=O) groups is 2. The van der Waals surface area contributed by atoms with Crippen LogP contribution in [0.1, 0.15) is 16.3 Å². The summed E-state index contributed by atoms with van der Waals surface area (Å²) in [7, 11) is 0. The predicted molar refractivity (Wildman–Crippen MR) is 59.9 cm³/mol. The maximum absolute atomic E-state index is 12.0. The van der Waals surface area contributed by atoms with Gasteiger partial charge in [-0.25, -0.2) is 4.79 Å². The largest absolute Gasteiger partial charge is 0.479 e. The lowest BCUT2D eigenvalue weighted by atomic mass is 10.2. The van der Waals surface area contributed by atoms with Crippen LogP contribution >= 0.6 is 0 Å². The van der Waals surface area contributed by atoms with Gasteiger partial charge in [0.25, 0.3) is 5.91 Å². The zero-order chi connectivity index (χ0) is 13.1. The third-order valence-electron chi connectivity index (χ3n) is 2.70. The molecule has 0 aromatic carbocycles. The topological polar surface area (TPSA) is 106 Å². The Morgan fingerprint density at radius 3 is 2.89 bits per heavy atom. The van der Waals surface area contributed by atoms with Crippen LogP contribution in [0.5, 0.6) is 0 Å². The molecule has 7 heteroatoms. The second-order valence-electron chi connectivity index (χ2n) is 3.92. The van der Waals surface area contributed by atoms with Crippen molar-refractivity contribution in [1.82, 2.24) is 4.90 Å². The van der Waals surface area contributed by atoms with Gasteiger partial charge in [-0.2, -0.15) is 0 Å². The number of hydrogen-bond acceptors (Lipinski definition) is 5. The van der Waals surface area contributed by atoms with Gasteiger partial charge in [-0.3, -0.25) is 4.79 Å².